The van der Waals surface area contributed by atoms with Crippen molar-refractivity contribution in [1.29, 1.82) is 0 Å². The highest BCUT2D eigenvalue weighted by molar-refractivity contribution is 7.18. The summed E-state index contributed by atoms with van der Waals surface area (Å²) in [6, 6.07) is 6.38. The summed E-state index contributed by atoms with van der Waals surface area (Å²) >= 11 is 1.72. The van der Waals surface area contributed by atoms with E-state index in [1.54, 1.807) is 17.4 Å². The average Bonchev–Trinajstić information content (AvgIpc) is 2.92. The van der Waals surface area contributed by atoms with Crippen LogP contribution in [-0.4, -0.2) is 17.1 Å². The number of hydrogen-bond donors (Lipinski definition) is 1. The van der Waals surface area contributed by atoms with Gasteiger partial charge < -0.3 is 5.32 Å². The Bertz CT molecular complexity index is 597. The molecule has 2 aliphatic heterocycles. The largest absolute Gasteiger partial charge is 0.311 e. The van der Waals surface area contributed by atoms with Crippen molar-refractivity contribution in [2.24, 2.45) is 5.92 Å². The summed E-state index contributed by atoms with van der Waals surface area (Å²) in [6.07, 6.45) is 6.30. The van der Waals surface area contributed by atoms with Crippen molar-refractivity contribution >= 4 is 21.6 Å². The number of benzene rings is 1. The van der Waals surface area contributed by atoms with Crippen LogP contribution in [0.15, 0.2) is 18.2 Å². The molecule has 1 N–H and O–H groups in total. The highest BCUT2D eigenvalue weighted by Crippen LogP contribution is 2.34. The molecule has 2 fully saturated rings. The Hall–Kier alpha value is -1.00. The van der Waals surface area contributed by atoms with Crippen molar-refractivity contribution in [2.45, 2.75) is 44.2 Å². The number of halogens is 1. The number of nitrogens with one attached hydrogen (secondary N) is 1. The molecule has 3 heterocycles. The van der Waals surface area contributed by atoms with Crippen LogP contribution in [0.5, 0.6) is 0 Å². The van der Waals surface area contributed by atoms with Crippen molar-refractivity contribution < 1.29 is 4.39 Å². The SMILES string of the molecule is Fc1ccc2sc(CC3CC4CCC(C3)N4)nc2c1. The Morgan fingerprint density at radius 2 is 2.05 bits per heavy atom. The zero-order valence-electron chi connectivity index (χ0n) is 10.7. The van der Waals surface area contributed by atoms with Crippen LogP contribution in [0.25, 0.3) is 10.2 Å². The molecule has 4 rings (SSSR count). The van der Waals surface area contributed by atoms with Gasteiger partial charge in [-0.05, 0) is 43.7 Å². The minimum absolute atomic E-state index is 0.190. The van der Waals surface area contributed by atoms with Gasteiger partial charge in [-0.3, -0.25) is 0 Å². The smallest absolute Gasteiger partial charge is 0.125 e. The molecule has 0 spiro atoms. The van der Waals surface area contributed by atoms with E-state index < -0.39 is 0 Å². The van der Waals surface area contributed by atoms with E-state index in [9.17, 15) is 4.39 Å². The van der Waals surface area contributed by atoms with Crippen LogP contribution in [0.2, 0.25) is 0 Å². The molecule has 0 aliphatic carbocycles. The Morgan fingerprint density at radius 1 is 1.26 bits per heavy atom. The first-order valence-corrected chi connectivity index (χ1v) is 7.89. The number of aromatic nitrogens is 1. The van der Waals surface area contributed by atoms with Crippen molar-refractivity contribution in [3.63, 3.8) is 0 Å². The molecular formula is C15H17FN2S. The molecule has 1 aromatic heterocycles. The number of rotatable bonds is 2. The van der Waals surface area contributed by atoms with E-state index in [1.165, 1.54) is 36.8 Å². The lowest BCUT2D eigenvalue weighted by Crippen LogP contribution is -2.38. The molecule has 2 unspecified atom stereocenters. The molecular weight excluding hydrogens is 259 g/mol. The van der Waals surface area contributed by atoms with Gasteiger partial charge in [-0.1, -0.05) is 0 Å². The molecule has 2 atom stereocenters. The van der Waals surface area contributed by atoms with Crippen LogP contribution in [0.3, 0.4) is 0 Å². The Balaban J connectivity index is 1.54. The Morgan fingerprint density at radius 3 is 2.84 bits per heavy atom. The fourth-order valence-electron chi connectivity index (χ4n) is 3.62. The van der Waals surface area contributed by atoms with Crippen LogP contribution in [0, 0.1) is 11.7 Å². The van der Waals surface area contributed by atoms with Gasteiger partial charge in [-0.2, -0.15) is 0 Å². The number of fused-ring (bicyclic) bond motifs is 3. The number of thiazole rings is 1. The van der Waals surface area contributed by atoms with Crippen LogP contribution in [-0.2, 0) is 6.42 Å². The topological polar surface area (TPSA) is 24.9 Å². The predicted molar refractivity (Wildman–Crippen MR) is 76.0 cm³/mol. The molecule has 4 heteroatoms. The van der Waals surface area contributed by atoms with E-state index in [0.29, 0.717) is 0 Å². The lowest BCUT2D eigenvalue weighted by molar-refractivity contribution is 0.298. The van der Waals surface area contributed by atoms with Crippen molar-refractivity contribution in [1.82, 2.24) is 10.3 Å². The van der Waals surface area contributed by atoms with Gasteiger partial charge in [0.1, 0.15) is 5.82 Å². The minimum Gasteiger partial charge on any atom is -0.311 e. The van der Waals surface area contributed by atoms with Crippen molar-refractivity contribution in [3.8, 4) is 0 Å². The van der Waals surface area contributed by atoms with E-state index in [1.807, 2.05) is 6.07 Å². The maximum Gasteiger partial charge on any atom is 0.125 e. The quantitative estimate of drug-likeness (QED) is 0.908. The second kappa shape index (κ2) is 4.53. The van der Waals surface area contributed by atoms with Crippen molar-refractivity contribution in [3.05, 3.63) is 29.0 Å². The Kier molecular flexibility index (Phi) is 2.81. The van der Waals surface area contributed by atoms with Crippen LogP contribution < -0.4 is 5.32 Å². The fourth-order valence-corrected chi connectivity index (χ4v) is 4.69. The predicted octanol–water partition coefficient (Wildman–Crippen LogP) is 3.51. The molecule has 0 amide bonds. The summed E-state index contributed by atoms with van der Waals surface area (Å²) in [6.45, 7) is 0. The van der Waals surface area contributed by atoms with Crippen LogP contribution in [0.4, 0.5) is 4.39 Å². The van der Waals surface area contributed by atoms with Gasteiger partial charge in [0.05, 0.1) is 15.2 Å². The lowest BCUT2D eigenvalue weighted by atomic mass is 9.90. The van der Waals surface area contributed by atoms with E-state index in [4.69, 9.17) is 0 Å². The standard InChI is InChI=1S/C15H17FN2S/c16-10-1-4-14-13(8-10)18-15(19-14)7-9-5-11-2-3-12(6-9)17-11/h1,4,8-9,11-12,17H,2-3,5-7H2. The average molecular weight is 276 g/mol. The second-order valence-corrected chi connectivity index (χ2v) is 7.01. The molecule has 1 aromatic carbocycles. The van der Waals surface area contributed by atoms with Gasteiger partial charge in [0.15, 0.2) is 0 Å². The van der Waals surface area contributed by atoms with Crippen LogP contribution >= 0.6 is 11.3 Å². The van der Waals surface area contributed by atoms with Crippen molar-refractivity contribution in [2.75, 3.05) is 0 Å². The van der Waals surface area contributed by atoms with Crippen LogP contribution in [0.1, 0.15) is 30.7 Å². The second-order valence-electron chi connectivity index (χ2n) is 5.90. The number of hydrogen-bond acceptors (Lipinski definition) is 3. The lowest BCUT2D eigenvalue weighted by Gasteiger charge is -2.28. The van der Waals surface area contributed by atoms with Gasteiger partial charge in [0.2, 0.25) is 0 Å². The summed E-state index contributed by atoms with van der Waals surface area (Å²) in [5, 5.41) is 4.85. The van der Waals surface area contributed by atoms with E-state index in [2.05, 4.69) is 10.3 Å². The monoisotopic (exact) mass is 276 g/mol. The highest BCUT2D eigenvalue weighted by atomic mass is 32.1. The van der Waals surface area contributed by atoms with Gasteiger partial charge in [0, 0.05) is 24.6 Å². The number of piperidine rings is 1. The molecule has 2 aromatic rings. The molecule has 0 saturated carbocycles. The minimum atomic E-state index is -0.190. The molecule has 100 valence electrons. The fraction of sp³-hybridized carbons (Fsp3) is 0.533. The van der Waals surface area contributed by atoms with E-state index in [0.717, 1.165) is 34.6 Å². The molecule has 2 bridgehead atoms. The molecule has 19 heavy (non-hydrogen) atoms. The van der Waals surface area contributed by atoms with Gasteiger partial charge >= 0.3 is 0 Å². The number of nitrogens with zero attached hydrogens (tertiary/aromatic N) is 1. The van der Waals surface area contributed by atoms with E-state index >= 15 is 0 Å². The maximum absolute atomic E-state index is 13.2. The third kappa shape index (κ3) is 2.28. The zero-order valence-corrected chi connectivity index (χ0v) is 11.5. The summed E-state index contributed by atoms with van der Waals surface area (Å²) in [5.41, 5.74) is 0.817. The summed E-state index contributed by atoms with van der Waals surface area (Å²) in [5.74, 6) is 0.563. The first kappa shape index (κ1) is 11.8. The summed E-state index contributed by atoms with van der Waals surface area (Å²) in [7, 11) is 0. The molecule has 2 nitrogen and oxygen atoms in total. The Labute approximate surface area is 116 Å². The third-order valence-electron chi connectivity index (χ3n) is 4.43. The third-order valence-corrected chi connectivity index (χ3v) is 5.49. The summed E-state index contributed by atoms with van der Waals surface area (Å²) < 4.78 is 14.3. The maximum atomic E-state index is 13.2. The summed E-state index contributed by atoms with van der Waals surface area (Å²) in [4.78, 5) is 4.60. The van der Waals surface area contributed by atoms with Gasteiger partial charge in [-0.25, -0.2) is 9.37 Å². The molecule has 0 radical (unpaired) electrons. The highest BCUT2D eigenvalue weighted by Gasteiger charge is 2.33. The zero-order chi connectivity index (χ0) is 12.8. The molecule has 2 aliphatic rings. The normalized spacial score (nSPS) is 30.1. The molecule has 2 saturated heterocycles. The van der Waals surface area contributed by atoms with Gasteiger partial charge in [0.25, 0.3) is 0 Å². The van der Waals surface area contributed by atoms with Gasteiger partial charge in [-0.15, -0.1) is 11.3 Å². The first-order valence-electron chi connectivity index (χ1n) is 7.07. The van der Waals surface area contributed by atoms with E-state index in [-0.39, 0.29) is 5.82 Å². The first-order chi connectivity index (χ1) is 9.26.